The van der Waals surface area contributed by atoms with E-state index < -0.39 is 0 Å². The molecular weight excluding hydrogens is 356 g/mol. The number of aliphatic imine (C=N–C) groups is 1. The SMILES string of the molecule is COc1ccc(-c2n[nH]c(CN=C(N)NC3CCOc4ccccc43)n2)cc1. The zero-order valence-corrected chi connectivity index (χ0v) is 15.6. The molecular formula is C20H22N6O2. The Kier molecular flexibility index (Phi) is 5.09. The molecule has 0 saturated carbocycles. The Labute approximate surface area is 162 Å². The molecule has 0 bridgehead atoms. The van der Waals surface area contributed by atoms with Gasteiger partial charge in [0.2, 0.25) is 0 Å². The molecule has 2 aromatic carbocycles. The predicted molar refractivity (Wildman–Crippen MR) is 106 cm³/mol. The van der Waals surface area contributed by atoms with Crippen LogP contribution in [0.1, 0.15) is 23.9 Å². The molecule has 0 amide bonds. The topological polar surface area (TPSA) is 110 Å². The Hall–Kier alpha value is -3.55. The van der Waals surface area contributed by atoms with Gasteiger partial charge in [-0.2, -0.15) is 5.10 Å². The molecule has 144 valence electrons. The van der Waals surface area contributed by atoms with Crippen LogP contribution in [0.4, 0.5) is 0 Å². The molecule has 2 heterocycles. The molecule has 1 atom stereocenters. The van der Waals surface area contributed by atoms with Crippen molar-refractivity contribution in [3.63, 3.8) is 0 Å². The lowest BCUT2D eigenvalue weighted by Crippen LogP contribution is -2.37. The van der Waals surface area contributed by atoms with E-state index >= 15 is 0 Å². The van der Waals surface area contributed by atoms with Gasteiger partial charge < -0.3 is 20.5 Å². The minimum atomic E-state index is 0.0817. The van der Waals surface area contributed by atoms with Crippen LogP contribution in [0.3, 0.4) is 0 Å². The number of ether oxygens (including phenoxy) is 2. The number of aromatic amines is 1. The van der Waals surface area contributed by atoms with Gasteiger partial charge in [-0.25, -0.2) is 9.98 Å². The summed E-state index contributed by atoms with van der Waals surface area (Å²) in [5.41, 5.74) is 8.07. The van der Waals surface area contributed by atoms with Crippen molar-refractivity contribution < 1.29 is 9.47 Å². The number of benzene rings is 2. The van der Waals surface area contributed by atoms with Crippen LogP contribution in [-0.2, 0) is 6.54 Å². The normalized spacial score (nSPS) is 16.2. The number of methoxy groups -OCH3 is 1. The standard InChI is InChI=1S/C20H22N6O2/c1-27-14-8-6-13(7-9-14)19-24-18(25-26-19)12-22-20(21)23-16-10-11-28-17-5-3-2-4-15(16)17/h2-9,16H,10-12H2,1H3,(H3,21,22,23)(H,24,25,26). The maximum absolute atomic E-state index is 6.08. The molecule has 1 aliphatic rings. The van der Waals surface area contributed by atoms with E-state index in [-0.39, 0.29) is 6.04 Å². The molecule has 3 aromatic rings. The van der Waals surface area contributed by atoms with Crippen LogP contribution in [-0.4, -0.2) is 34.9 Å². The van der Waals surface area contributed by atoms with Gasteiger partial charge in [-0.1, -0.05) is 18.2 Å². The first kappa shape index (κ1) is 17.8. The first-order chi connectivity index (χ1) is 13.7. The van der Waals surface area contributed by atoms with Gasteiger partial charge in [-0.15, -0.1) is 0 Å². The Morgan fingerprint density at radius 3 is 2.93 bits per heavy atom. The second-order valence-corrected chi connectivity index (χ2v) is 6.41. The van der Waals surface area contributed by atoms with Gasteiger partial charge in [0.25, 0.3) is 0 Å². The molecule has 4 rings (SSSR count). The quantitative estimate of drug-likeness (QED) is 0.464. The fraction of sp³-hybridized carbons (Fsp3) is 0.250. The second kappa shape index (κ2) is 7.99. The Morgan fingerprint density at radius 2 is 2.11 bits per heavy atom. The van der Waals surface area contributed by atoms with E-state index in [1.54, 1.807) is 7.11 Å². The average Bonchev–Trinajstić information content (AvgIpc) is 3.22. The van der Waals surface area contributed by atoms with Gasteiger partial charge in [-0.05, 0) is 30.3 Å². The number of H-pyrrole nitrogens is 1. The molecule has 1 aliphatic heterocycles. The van der Waals surface area contributed by atoms with Crippen molar-refractivity contribution in [1.82, 2.24) is 20.5 Å². The summed E-state index contributed by atoms with van der Waals surface area (Å²) in [7, 11) is 1.63. The molecule has 8 nitrogen and oxygen atoms in total. The van der Waals surface area contributed by atoms with Crippen molar-refractivity contribution in [3.05, 3.63) is 59.9 Å². The van der Waals surface area contributed by atoms with Crippen LogP contribution in [0.25, 0.3) is 11.4 Å². The molecule has 0 radical (unpaired) electrons. The summed E-state index contributed by atoms with van der Waals surface area (Å²) < 4.78 is 10.8. The van der Waals surface area contributed by atoms with E-state index in [0.717, 1.165) is 29.0 Å². The summed E-state index contributed by atoms with van der Waals surface area (Å²) in [6, 6.07) is 15.6. The van der Waals surface area contributed by atoms with Gasteiger partial charge in [0.05, 0.1) is 19.8 Å². The van der Waals surface area contributed by atoms with Crippen LogP contribution in [0.15, 0.2) is 53.5 Å². The molecule has 1 unspecified atom stereocenters. The lowest BCUT2D eigenvalue weighted by atomic mass is 10.0. The van der Waals surface area contributed by atoms with E-state index in [0.29, 0.717) is 30.8 Å². The first-order valence-corrected chi connectivity index (χ1v) is 9.07. The smallest absolute Gasteiger partial charge is 0.189 e. The summed E-state index contributed by atoms with van der Waals surface area (Å²) in [5.74, 6) is 3.29. The lowest BCUT2D eigenvalue weighted by molar-refractivity contribution is 0.262. The number of fused-ring (bicyclic) bond motifs is 1. The van der Waals surface area contributed by atoms with Crippen molar-refractivity contribution in [3.8, 4) is 22.9 Å². The Balaban J connectivity index is 1.40. The van der Waals surface area contributed by atoms with Crippen LogP contribution >= 0.6 is 0 Å². The zero-order chi connectivity index (χ0) is 19.3. The van der Waals surface area contributed by atoms with Gasteiger partial charge in [-0.3, -0.25) is 5.10 Å². The molecule has 1 aromatic heterocycles. The van der Waals surface area contributed by atoms with Crippen molar-refractivity contribution >= 4 is 5.96 Å². The summed E-state index contributed by atoms with van der Waals surface area (Å²) in [6.07, 6.45) is 0.831. The molecule has 4 N–H and O–H groups in total. The Morgan fingerprint density at radius 1 is 1.29 bits per heavy atom. The first-order valence-electron chi connectivity index (χ1n) is 9.07. The van der Waals surface area contributed by atoms with Crippen molar-refractivity contribution in [2.24, 2.45) is 10.7 Å². The highest BCUT2D eigenvalue weighted by Gasteiger charge is 2.21. The molecule has 0 saturated heterocycles. The maximum atomic E-state index is 6.08. The van der Waals surface area contributed by atoms with Crippen molar-refractivity contribution in [1.29, 1.82) is 0 Å². The number of nitrogens with two attached hydrogens (primary N) is 1. The Bertz CT molecular complexity index is 967. The van der Waals surface area contributed by atoms with Gasteiger partial charge in [0.15, 0.2) is 11.8 Å². The monoisotopic (exact) mass is 378 g/mol. The van der Waals surface area contributed by atoms with Crippen LogP contribution in [0.2, 0.25) is 0 Å². The number of para-hydroxylation sites is 1. The minimum Gasteiger partial charge on any atom is -0.497 e. The number of nitrogens with zero attached hydrogens (tertiary/aromatic N) is 3. The van der Waals surface area contributed by atoms with Crippen LogP contribution in [0.5, 0.6) is 11.5 Å². The molecule has 0 aliphatic carbocycles. The average molecular weight is 378 g/mol. The summed E-state index contributed by atoms with van der Waals surface area (Å²) in [6.45, 7) is 0.960. The van der Waals surface area contributed by atoms with E-state index in [9.17, 15) is 0 Å². The third-order valence-corrected chi connectivity index (χ3v) is 4.56. The summed E-state index contributed by atoms with van der Waals surface area (Å²) in [4.78, 5) is 8.86. The van der Waals surface area contributed by atoms with Gasteiger partial charge in [0, 0.05) is 17.5 Å². The van der Waals surface area contributed by atoms with Crippen molar-refractivity contribution in [2.75, 3.05) is 13.7 Å². The highest BCUT2D eigenvalue weighted by molar-refractivity contribution is 5.78. The number of aromatic nitrogens is 3. The van der Waals surface area contributed by atoms with E-state index in [1.807, 2.05) is 48.5 Å². The summed E-state index contributed by atoms with van der Waals surface area (Å²) in [5, 5.41) is 10.4. The second-order valence-electron chi connectivity index (χ2n) is 6.41. The van der Waals surface area contributed by atoms with Crippen LogP contribution in [0, 0.1) is 0 Å². The molecule has 0 spiro atoms. The third kappa shape index (κ3) is 3.90. The van der Waals surface area contributed by atoms with Crippen molar-refractivity contribution in [2.45, 2.75) is 19.0 Å². The van der Waals surface area contributed by atoms with E-state index in [2.05, 4.69) is 25.5 Å². The van der Waals surface area contributed by atoms with E-state index in [4.69, 9.17) is 15.2 Å². The lowest BCUT2D eigenvalue weighted by Gasteiger charge is -2.26. The highest BCUT2D eigenvalue weighted by Crippen LogP contribution is 2.31. The van der Waals surface area contributed by atoms with E-state index in [1.165, 1.54) is 0 Å². The predicted octanol–water partition coefficient (Wildman–Crippen LogP) is 2.41. The summed E-state index contributed by atoms with van der Waals surface area (Å²) >= 11 is 0. The molecule has 28 heavy (non-hydrogen) atoms. The number of hydrogen-bond donors (Lipinski definition) is 3. The maximum Gasteiger partial charge on any atom is 0.189 e. The molecule has 8 heteroatoms. The fourth-order valence-electron chi connectivity index (χ4n) is 3.11. The number of guanidine groups is 1. The zero-order valence-electron chi connectivity index (χ0n) is 15.6. The fourth-order valence-corrected chi connectivity index (χ4v) is 3.11. The number of rotatable bonds is 5. The van der Waals surface area contributed by atoms with Gasteiger partial charge in [0.1, 0.15) is 23.9 Å². The number of hydrogen-bond acceptors (Lipinski definition) is 5. The largest absolute Gasteiger partial charge is 0.497 e. The third-order valence-electron chi connectivity index (χ3n) is 4.56. The highest BCUT2D eigenvalue weighted by atomic mass is 16.5. The minimum absolute atomic E-state index is 0.0817. The van der Waals surface area contributed by atoms with Gasteiger partial charge >= 0.3 is 0 Å². The number of nitrogens with one attached hydrogen (secondary N) is 2. The van der Waals surface area contributed by atoms with Crippen LogP contribution < -0.4 is 20.5 Å². The molecule has 0 fully saturated rings.